The molecule has 1 saturated heterocycles. The fraction of sp³-hybridized carbons (Fsp3) is 0.267. The number of aromatic amines is 1. The molecule has 2 atom stereocenters. The van der Waals surface area contributed by atoms with Gasteiger partial charge in [-0.3, -0.25) is 9.89 Å². The number of H-pyrrole nitrogens is 1. The van der Waals surface area contributed by atoms with Gasteiger partial charge in [-0.15, -0.1) is 0 Å². The van der Waals surface area contributed by atoms with Crippen molar-refractivity contribution in [3.63, 3.8) is 0 Å². The Morgan fingerprint density at radius 3 is 2.52 bits per heavy atom. The largest absolute Gasteiger partial charge is 0.507 e. The van der Waals surface area contributed by atoms with Gasteiger partial charge < -0.3 is 19.5 Å². The van der Waals surface area contributed by atoms with Crippen LogP contribution >= 0.6 is 0 Å². The minimum atomic E-state index is -3.26. The molecule has 0 saturated carbocycles. The van der Waals surface area contributed by atoms with Crippen LogP contribution in [0.25, 0.3) is 11.3 Å². The SMILES string of the molecule is CCOc1cc(C2c3c(-c4ccccc4O)n[nH]c3C(=O)N2C2CCS(=O)(=O)C2)ccc1OCc1ccccc1. The first-order valence-electron chi connectivity index (χ1n) is 13.2. The van der Waals surface area contributed by atoms with Crippen LogP contribution in [0.5, 0.6) is 17.2 Å². The molecule has 6 rings (SSSR count). The maximum absolute atomic E-state index is 13.8. The molecule has 3 aromatic carbocycles. The molecule has 2 aliphatic rings. The quantitative estimate of drug-likeness (QED) is 0.326. The van der Waals surface area contributed by atoms with E-state index in [2.05, 4.69) is 10.2 Å². The minimum absolute atomic E-state index is 0.0309. The van der Waals surface area contributed by atoms with Crippen LogP contribution in [0.3, 0.4) is 0 Å². The van der Waals surface area contributed by atoms with Crippen molar-refractivity contribution in [2.45, 2.75) is 32.0 Å². The topological polar surface area (TPSA) is 122 Å². The second kappa shape index (κ2) is 10.3. The summed E-state index contributed by atoms with van der Waals surface area (Å²) in [6, 6.07) is 21.0. The average Bonchev–Trinajstić information content (AvgIpc) is 3.62. The summed E-state index contributed by atoms with van der Waals surface area (Å²) in [6.07, 6.45) is 0.352. The molecule has 0 aliphatic carbocycles. The summed E-state index contributed by atoms with van der Waals surface area (Å²) in [7, 11) is -3.26. The Morgan fingerprint density at radius 2 is 1.80 bits per heavy atom. The summed E-state index contributed by atoms with van der Waals surface area (Å²) in [6.45, 7) is 2.64. The number of hydrogen-bond donors (Lipinski definition) is 2. The number of benzene rings is 3. The van der Waals surface area contributed by atoms with Crippen LogP contribution in [-0.2, 0) is 16.4 Å². The molecule has 206 valence electrons. The third kappa shape index (κ3) is 4.68. The third-order valence-corrected chi connectivity index (χ3v) is 9.14. The van der Waals surface area contributed by atoms with Gasteiger partial charge in [0.1, 0.15) is 23.7 Å². The predicted octanol–water partition coefficient (Wildman–Crippen LogP) is 4.49. The Kier molecular flexibility index (Phi) is 6.71. The maximum atomic E-state index is 13.8. The number of rotatable bonds is 8. The van der Waals surface area contributed by atoms with E-state index in [-0.39, 0.29) is 28.9 Å². The summed E-state index contributed by atoms with van der Waals surface area (Å²) in [5, 5.41) is 17.9. The molecule has 1 amide bonds. The summed E-state index contributed by atoms with van der Waals surface area (Å²) in [5.41, 5.74) is 3.54. The van der Waals surface area contributed by atoms with Gasteiger partial charge in [-0.25, -0.2) is 8.42 Å². The minimum Gasteiger partial charge on any atom is -0.507 e. The monoisotopic (exact) mass is 559 g/mol. The zero-order valence-corrected chi connectivity index (χ0v) is 22.7. The molecule has 40 heavy (non-hydrogen) atoms. The number of para-hydroxylation sites is 1. The molecule has 2 aliphatic heterocycles. The Balaban J connectivity index is 1.44. The summed E-state index contributed by atoms with van der Waals surface area (Å²) in [4.78, 5) is 15.4. The van der Waals surface area contributed by atoms with E-state index in [1.54, 1.807) is 29.2 Å². The van der Waals surface area contributed by atoms with E-state index < -0.39 is 21.9 Å². The van der Waals surface area contributed by atoms with Gasteiger partial charge in [0.25, 0.3) is 5.91 Å². The lowest BCUT2D eigenvalue weighted by atomic mass is 9.94. The first kappa shape index (κ1) is 25.9. The molecule has 0 bridgehead atoms. The fourth-order valence-corrected chi connectivity index (χ4v) is 7.27. The molecular formula is C30H29N3O6S. The van der Waals surface area contributed by atoms with Gasteiger partial charge in [0.15, 0.2) is 21.3 Å². The van der Waals surface area contributed by atoms with Crippen molar-refractivity contribution in [1.29, 1.82) is 0 Å². The highest BCUT2D eigenvalue weighted by molar-refractivity contribution is 7.91. The van der Waals surface area contributed by atoms with E-state index in [1.165, 1.54) is 0 Å². The summed E-state index contributed by atoms with van der Waals surface area (Å²) < 4.78 is 36.9. The van der Waals surface area contributed by atoms with Crippen molar-refractivity contribution in [3.8, 4) is 28.5 Å². The zero-order chi connectivity index (χ0) is 27.9. The number of nitrogens with zero attached hydrogens (tertiary/aromatic N) is 2. The summed E-state index contributed by atoms with van der Waals surface area (Å²) >= 11 is 0. The Bertz CT molecular complexity index is 1670. The van der Waals surface area contributed by atoms with Crippen molar-refractivity contribution in [2.24, 2.45) is 0 Å². The van der Waals surface area contributed by atoms with E-state index in [9.17, 15) is 18.3 Å². The highest BCUT2D eigenvalue weighted by atomic mass is 32.2. The Morgan fingerprint density at radius 1 is 1.02 bits per heavy atom. The second-order valence-electron chi connectivity index (χ2n) is 9.96. The lowest BCUT2D eigenvalue weighted by molar-refractivity contribution is 0.0677. The smallest absolute Gasteiger partial charge is 0.273 e. The molecule has 9 nitrogen and oxygen atoms in total. The average molecular weight is 560 g/mol. The predicted molar refractivity (Wildman–Crippen MR) is 149 cm³/mol. The van der Waals surface area contributed by atoms with Crippen molar-refractivity contribution in [1.82, 2.24) is 15.1 Å². The third-order valence-electron chi connectivity index (χ3n) is 7.39. The van der Waals surface area contributed by atoms with Gasteiger partial charge in [0, 0.05) is 17.2 Å². The van der Waals surface area contributed by atoms with Gasteiger partial charge in [-0.2, -0.15) is 5.10 Å². The van der Waals surface area contributed by atoms with Gasteiger partial charge >= 0.3 is 0 Å². The van der Waals surface area contributed by atoms with Gasteiger partial charge in [0.05, 0.1) is 24.2 Å². The van der Waals surface area contributed by atoms with Crippen LogP contribution in [-0.4, -0.2) is 58.7 Å². The fourth-order valence-electron chi connectivity index (χ4n) is 5.56. The number of phenols is 1. The first-order valence-corrected chi connectivity index (χ1v) is 15.0. The number of fused-ring (bicyclic) bond motifs is 1. The molecule has 10 heteroatoms. The van der Waals surface area contributed by atoms with Crippen LogP contribution in [0, 0.1) is 0 Å². The number of sulfone groups is 1. The van der Waals surface area contributed by atoms with Gasteiger partial charge in [-0.1, -0.05) is 48.5 Å². The van der Waals surface area contributed by atoms with E-state index in [0.29, 0.717) is 48.0 Å². The molecule has 1 aromatic heterocycles. The Labute approximate surface area is 232 Å². The number of carbonyl (C=O) groups is 1. The van der Waals surface area contributed by atoms with Crippen molar-refractivity contribution < 1.29 is 27.8 Å². The molecule has 2 unspecified atom stereocenters. The molecule has 4 aromatic rings. The number of amides is 1. The summed E-state index contributed by atoms with van der Waals surface area (Å²) in [5.74, 6) is 0.715. The number of carbonyl (C=O) groups excluding carboxylic acids is 1. The molecular weight excluding hydrogens is 530 g/mol. The first-order chi connectivity index (χ1) is 19.4. The number of aromatic nitrogens is 2. The van der Waals surface area contributed by atoms with E-state index in [1.807, 2.05) is 55.5 Å². The van der Waals surface area contributed by atoms with Crippen LogP contribution in [0.2, 0.25) is 0 Å². The number of hydrogen-bond acceptors (Lipinski definition) is 7. The number of nitrogens with one attached hydrogen (secondary N) is 1. The highest BCUT2D eigenvalue weighted by Crippen LogP contribution is 2.47. The molecule has 2 N–H and O–H groups in total. The van der Waals surface area contributed by atoms with E-state index in [4.69, 9.17) is 9.47 Å². The molecule has 1 fully saturated rings. The number of aromatic hydroxyl groups is 1. The van der Waals surface area contributed by atoms with E-state index >= 15 is 0 Å². The van der Waals surface area contributed by atoms with Crippen LogP contribution in [0.4, 0.5) is 0 Å². The van der Waals surface area contributed by atoms with Crippen molar-refractivity contribution >= 4 is 15.7 Å². The van der Waals surface area contributed by atoms with Crippen LogP contribution in [0.15, 0.2) is 72.8 Å². The standard InChI is InChI=1S/C30H29N3O6S/c1-2-38-25-16-20(12-13-24(25)39-17-19-8-4-3-5-9-19)29-26-27(22-10-6-7-11-23(22)34)31-32-28(26)30(35)33(29)21-14-15-40(36,37)18-21/h3-13,16,21,29,34H,2,14-15,17-18H2,1H3,(H,31,32). The lowest BCUT2D eigenvalue weighted by Crippen LogP contribution is -2.40. The lowest BCUT2D eigenvalue weighted by Gasteiger charge is -2.31. The van der Waals surface area contributed by atoms with Crippen LogP contribution < -0.4 is 9.47 Å². The normalized spacial score (nSPS) is 19.5. The zero-order valence-electron chi connectivity index (χ0n) is 21.9. The second-order valence-corrected chi connectivity index (χ2v) is 12.2. The van der Waals surface area contributed by atoms with Gasteiger partial charge in [0.2, 0.25) is 0 Å². The van der Waals surface area contributed by atoms with Crippen LogP contribution in [0.1, 0.15) is 46.6 Å². The molecule has 0 radical (unpaired) electrons. The Hall–Kier alpha value is -4.31. The van der Waals surface area contributed by atoms with Crippen molar-refractivity contribution in [3.05, 3.63) is 95.2 Å². The number of phenolic OH excluding ortho intramolecular Hbond substituents is 1. The molecule has 3 heterocycles. The van der Waals surface area contributed by atoms with E-state index in [0.717, 1.165) is 11.1 Å². The molecule has 0 spiro atoms. The number of ether oxygens (including phenoxy) is 2. The maximum Gasteiger partial charge on any atom is 0.273 e. The van der Waals surface area contributed by atoms with Crippen molar-refractivity contribution in [2.75, 3.05) is 18.1 Å². The van der Waals surface area contributed by atoms with Gasteiger partial charge in [-0.05, 0) is 48.7 Å². The highest BCUT2D eigenvalue weighted by Gasteiger charge is 2.48.